The average Bonchev–Trinajstić information content (AvgIpc) is 2.56. The molecule has 130 valence electrons. The maximum absolute atomic E-state index is 13.6. The molecule has 7 atom stereocenters. The molecule has 0 aromatic heterocycles. The van der Waals surface area contributed by atoms with E-state index in [0.717, 1.165) is 56.5 Å². The molecule has 0 aromatic carbocycles. The number of fused-ring (bicyclic) bond motifs is 2. The maximum atomic E-state index is 13.6. The molecule has 6 aliphatic rings. The molecule has 24 heavy (non-hydrogen) atoms. The summed E-state index contributed by atoms with van der Waals surface area (Å²) in [6, 6.07) is 0. The molecule has 1 spiro atoms. The summed E-state index contributed by atoms with van der Waals surface area (Å²) < 4.78 is 6.14. The van der Waals surface area contributed by atoms with E-state index >= 15 is 0 Å². The first kappa shape index (κ1) is 15.3. The number of rotatable bonds is 0. The molecular weight excluding hydrogens is 300 g/mol. The van der Waals surface area contributed by atoms with Crippen LogP contribution in [0.15, 0.2) is 24.3 Å². The van der Waals surface area contributed by atoms with Gasteiger partial charge in [-0.05, 0) is 60.5 Å². The highest BCUT2D eigenvalue weighted by atomic mass is 16.5. The maximum Gasteiger partial charge on any atom is 0.167 e. The number of hydrogen-bond acceptors (Lipinski definition) is 3. The Morgan fingerprint density at radius 2 is 2.00 bits per heavy atom. The van der Waals surface area contributed by atoms with Crippen molar-refractivity contribution in [3.05, 3.63) is 24.3 Å². The van der Waals surface area contributed by atoms with Gasteiger partial charge in [0, 0.05) is 11.3 Å². The van der Waals surface area contributed by atoms with Gasteiger partial charge in [-0.2, -0.15) is 0 Å². The zero-order chi connectivity index (χ0) is 16.9. The van der Waals surface area contributed by atoms with Crippen molar-refractivity contribution in [1.82, 2.24) is 0 Å². The second-order valence-corrected chi connectivity index (χ2v) is 9.56. The Morgan fingerprint density at radius 1 is 1.21 bits per heavy atom. The largest absolute Gasteiger partial charge is 0.388 e. The molecule has 5 saturated carbocycles. The lowest BCUT2D eigenvalue weighted by Crippen LogP contribution is -2.72. The molecule has 0 aromatic rings. The summed E-state index contributed by atoms with van der Waals surface area (Å²) >= 11 is 0. The number of carbonyl (C=O) groups is 1. The van der Waals surface area contributed by atoms with Gasteiger partial charge in [-0.15, -0.1) is 0 Å². The molecular formula is C21H28O3. The molecule has 5 aliphatic carbocycles. The first-order chi connectivity index (χ1) is 11.4. The number of aliphatic hydroxyl groups excluding tert-OH is 1. The molecule has 0 radical (unpaired) electrons. The summed E-state index contributed by atoms with van der Waals surface area (Å²) in [5, 5.41) is 11.1. The number of hydrogen-bond donors (Lipinski definition) is 1. The highest BCUT2D eigenvalue weighted by Gasteiger charge is 2.73. The van der Waals surface area contributed by atoms with Gasteiger partial charge in [-0.1, -0.05) is 26.5 Å². The summed E-state index contributed by atoms with van der Waals surface area (Å²) in [5.41, 5.74) is 1.03. The minimum atomic E-state index is -0.690. The number of ether oxygens (including phenoxy) is 1. The Bertz CT molecular complexity index is 652. The van der Waals surface area contributed by atoms with Crippen LogP contribution >= 0.6 is 0 Å². The van der Waals surface area contributed by atoms with Crippen molar-refractivity contribution in [3.8, 4) is 0 Å². The van der Waals surface area contributed by atoms with Crippen molar-refractivity contribution in [3.63, 3.8) is 0 Å². The molecule has 4 bridgehead atoms. The number of allylic oxidation sites excluding steroid dienone is 1. The molecule has 6 rings (SSSR count). The second-order valence-electron chi connectivity index (χ2n) is 9.56. The molecule has 1 N–H and O–H groups in total. The van der Waals surface area contributed by atoms with E-state index in [9.17, 15) is 9.90 Å². The van der Waals surface area contributed by atoms with Crippen molar-refractivity contribution in [1.29, 1.82) is 0 Å². The molecule has 0 amide bonds. The summed E-state index contributed by atoms with van der Waals surface area (Å²) in [4.78, 5) is 13.6. The van der Waals surface area contributed by atoms with Crippen LogP contribution in [0, 0.1) is 34.0 Å². The predicted molar refractivity (Wildman–Crippen MR) is 91.3 cm³/mol. The topological polar surface area (TPSA) is 46.5 Å². The van der Waals surface area contributed by atoms with Gasteiger partial charge in [0.15, 0.2) is 5.78 Å². The first-order valence-corrected chi connectivity index (χ1v) is 9.55. The molecule has 3 heteroatoms. The highest BCUT2D eigenvalue weighted by molar-refractivity contribution is 6.02. The third-order valence-electron chi connectivity index (χ3n) is 8.63. The van der Waals surface area contributed by atoms with Crippen LogP contribution in [0.5, 0.6) is 0 Å². The zero-order valence-corrected chi connectivity index (χ0v) is 14.6. The second kappa shape index (κ2) is 4.42. The lowest BCUT2D eigenvalue weighted by Gasteiger charge is -2.70. The Labute approximate surface area is 144 Å². The Balaban J connectivity index is 1.73. The Kier molecular flexibility index (Phi) is 2.83. The fraction of sp³-hybridized carbons (Fsp3) is 0.762. The third-order valence-corrected chi connectivity index (χ3v) is 8.63. The molecule has 2 unspecified atom stereocenters. The summed E-state index contributed by atoms with van der Waals surface area (Å²) in [6.45, 7) is 12.2. The van der Waals surface area contributed by atoms with Gasteiger partial charge in [-0.25, -0.2) is 0 Å². The van der Waals surface area contributed by atoms with E-state index in [2.05, 4.69) is 20.1 Å². The molecule has 1 aliphatic heterocycles. The van der Waals surface area contributed by atoms with Crippen LogP contribution < -0.4 is 0 Å². The van der Waals surface area contributed by atoms with Crippen LogP contribution in [0.2, 0.25) is 0 Å². The van der Waals surface area contributed by atoms with E-state index in [4.69, 9.17) is 4.74 Å². The summed E-state index contributed by atoms with van der Waals surface area (Å²) in [5.74, 6) is 0.980. The summed E-state index contributed by atoms with van der Waals surface area (Å²) in [7, 11) is 0. The Morgan fingerprint density at radius 3 is 2.79 bits per heavy atom. The van der Waals surface area contributed by atoms with Crippen LogP contribution in [-0.4, -0.2) is 30.2 Å². The van der Waals surface area contributed by atoms with E-state index < -0.39 is 11.5 Å². The smallest absolute Gasteiger partial charge is 0.167 e. The third kappa shape index (κ3) is 1.43. The van der Waals surface area contributed by atoms with Gasteiger partial charge < -0.3 is 9.84 Å². The number of ketones is 1. The van der Waals surface area contributed by atoms with Crippen molar-refractivity contribution >= 4 is 5.78 Å². The van der Waals surface area contributed by atoms with E-state index in [-0.39, 0.29) is 28.4 Å². The van der Waals surface area contributed by atoms with Gasteiger partial charge in [0.2, 0.25) is 0 Å². The fourth-order valence-corrected chi connectivity index (χ4v) is 7.82. The van der Waals surface area contributed by atoms with Gasteiger partial charge in [0.05, 0.1) is 24.7 Å². The predicted octanol–water partition coefficient (Wildman–Crippen LogP) is 3.28. The quantitative estimate of drug-likeness (QED) is 0.548. The normalized spacial score (nSPS) is 56.0. The van der Waals surface area contributed by atoms with Gasteiger partial charge in [0.25, 0.3) is 0 Å². The first-order valence-electron chi connectivity index (χ1n) is 9.55. The number of carbonyl (C=O) groups excluding carboxylic acids is 1. The monoisotopic (exact) mass is 328 g/mol. The van der Waals surface area contributed by atoms with E-state index in [1.54, 1.807) is 0 Å². The molecule has 3 nitrogen and oxygen atoms in total. The van der Waals surface area contributed by atoms with E-state index in [0.29, 0.717) is 5.92 Å². The minimum absolute atomic E-state index is 0.00338. The lowest BCUT2D eigenvalue weighted by atomic mass is 9.34. The fourth-order valence-electron chi connectivity index (χ4n) is 7.82. The van der Waals surface area contributed by atoms with Crippen molar-refractivity contribution in [2.24, 2.45) is 34.0 Å². The standard InChI is InChI=1S/C21H28O3/c1-12-14-5-8-21(17(12)22)15(9-14)20-7-4-6-19(3,10-24-11-20)16(20)13(2)18(21)23/h14-17,22H,1-2,4-11H2,3H3/t14-,15?,16?,17-,19-,20+,21-/m0/s1. The molecule has 1 heterocycles. The van der Waals surface area contributed by atoms with Crippen LogP contribution in [-0.2, 0) is 9.53 Å². The lowest BCUT2D eigenvalue weighted by molar-refractivity contribution is -0.237. The molecule has 1 saturated heterocycles. The van der Waals surface area contributed by atoms with Gasteiger partial charge in [-0.3, -0.25) is 4.79 Å². The van der Waals surface area contributed by atoms with E-state index in [1.807, 2.05) is 0 Å². The SMILES string of the molecule is C=C1C(=O)[C@@]23CC[C@@H](CC2[C@@]24CCC[C@@](C)(COC2)C14)C(=C)[C@@H]3O. The van der Waals surface area contributed by atoms with Gasteiger partial charge in [0.1, 0.15) is 0 Å². The van der Waals surface area contributed by atoms with E-state index in [1.165, 1.54) is 6.42 Å². The van der Waals surface area contributed by atoms with Crippen LogP contribution in [0.25, 0.3) is 0 Å². The number of Topliss-reactive ketones (excluding diaryl/α,β-unsaturated/α-hetero) is 1. The average molecular weight is 328 g/mol. The summed E-state index contributed by atoms with van der Waals surface area (Å²) in [6.07, 6.45) is 5.53. The van der Waals surface area contributed by atoms with Crippen LogP contribution in [0.1, 0.15) is 45.4 Å². The van der Waals surface area contributed by atoms with Crippen LogP contribution in [0.3, 0.4) is 0 Å². The zero-order valence-electron chi connectivity index (χ0n) is 14.6. The Hall–Kier alpha value is -0.930. The van der Waals surface area contributed by atoms with Crippen molar-refractivity contribution in [2.75, 3.05) is 13.2 Å². The molecule has 6 fully saturated rings. The highest BCUT2D eigenvalue weighted by Crippen LogP contribution is 2.73. The minimum Gasteiger partial charge on any atom is -0.388 e. The van der Waals surface area contributed by atoms with Crippen molar-refractivity contribution < 1.29 is 14.6 Å². The van der Waals surface area contributed by atoms with Crippen LogP contribution in [0.4, 0.5) is 0 Å². The number of aliphatic hydroxyl groups is 1. The van der Waals surface area contributed by atoms with Gasteiger partial charge >= 0.3 is 0 Å². The van der Waals surface area contributed by atoms with Crippen molar-refractivity contribution in [2.45, 2.75) is 51.6 Å².